The van der Waals surface area contributed by atoms with E-state index < -0.39 is 0 Å². The predicted molar refractivity (Wildman–Crippen MR) is 214 cm³/mol. The van der Waals surface area contributed by atoms with E-state index in [1.807, 2.05) is 76.5 Å². The zero-order chi connectivity index (χ0) is 35.2. The number of nitrogens with one attached hydrogen (secondary N) is 2. The highest BCUT2D eigenvalue weighted by Gasteiger charge is 2.19. The third-order valence-electron chi connectivity index (χ3n) is 6.35. The Kier molecular flexibility index (Phi) is 21.0. The Hall–Kier alpha value is -3.52. The summed E-state index contributed by atoms with van der Waals surface area (Å²) in [5.41, 5.74) is 4.93. The van der Waals surface area contributed by atoms with Gasteiger partial charge in [-0.25, -0.2) is 0 Å². The van der Waals surface area contributed by atoms with Crippen LogP contribution in [0.4, 0.5) is 5.69 Å². The number of H-pyrrole nitrogens is 1. The van der Waals surface area contributed by atoms with Gasteiger partial charge in [0, 0.05) is 53.4 Å². The molecule has 6 rings (SSSR count). The average Bonchev–Trinajstić information content (AvgIpc) is 3.84. The highest BCUT2D eigenvalue weighted by molar-refractivity contribution is 7.13. The van der Waals surface area contributed by atoms with Gasteiger partial charge < -0.3 is 19.8 Å². The van der Waals surface area contributed by atoms with Crippen LogP contribution in [-0.4, -0.2) is 25.2 Å². The van der Waals surface area contributed by atoms with Gasteiger partial charge in [-0.15, -0.1) is 34.0 Å². The molecule has 0 amide bonds. The van der Waals surface area contributed by atoms with Gasteiger partial charge in [-0.1, -0.05) is 35.9 Å². The lowest BCUT2D eigenvalue weighted by atomic mass is 10.2. The van der Waals surface area contributed by atoms with Gasteiger partial charge in [0.2, 0.25) is 0 Å². The topological polar surface area (TPSA) is 46.3 Å². The maximum Gasteiger partial charge on any atom is 0.175 e. The van der Waals surface area contributed by atoms with Crippen molar-refractivity contribution in [2.75, 3.05) is 25.6 Å². The van der Waals surface area contributed by atoms with Crippen LogP contribution >= 0.6 is 34.0 Å². The fraction of sp³-hybridized carbons (Fsp3) is 0.350. The monoisotopic (exact) mass is 692 g/mol. The van der Waals surface area contributed by atoms with E-state index in [-0.39, 0.29) is 0 Å². The summed E-state index contributed by atoms with van der Waals surface area (Å²) in [7, 11) is 1.92. The zero-order valence-electron chi connectivity index (χ0n) is 30.5. The minimum Gasteiger partial charge on any atom is -0.485 e. The number of fused-ring (bicyclic) bond motifs is 1. The highest BCUT2D eigenvalue weighted by atomic mass is 32.1. The smallest absolute Gasteiger partial charge is 0.175 e. The molecule has 4 nitrogen and oxygen atoms in total. The van der Waals surface area contributed by atoms with Crippen molar-refractivity contribution in [1.29, 1.82) is 0 Å². The van der Waals surface area contributed by atoms with Gasteiger partial charge in [0.25, 0.3) is 0 Å². The SMILES string of the molecule is C/C=C\C.C/C=C\c1ccc(C)s1.CNc1ccc(C)cc1.Cc1ccc(C)[nH]1.Cc1ccc(C)s1.Cc1sc(C)c2c1OCCO2. The van der Waals surface area contributed by atoms with Gasteiger partial charge in [-0.05, 0) is 131 Å². The molecule has 0 saturated heterocycles. The lowest BCUT2D eigenvalue weighted by Gasteiger charge is -2.15. The van der Waals surface area contributed by atoms with E-state index in [0.717, 1.165) is 11.5 Å². The summed E-state index contributed by atoms with van der Waals surface area (Å²) >= 11 is 5.40. The number of rotatable bonds is 2. The summed E-state index contributed by atoms with van der Waals surface area (Å²) < 4.78 is 10.9. The van der Waals surface area contributed by atoms with Crippen molar-refractivity contribution >= 4 is 45.8 Å². The molecule has 0 atom stereocenters. The fourth-order valence-electron chi connectivity index (χ4n) is 3.89. The van der Waals surface area contributed by atoms with E-state index >= 15 is 0 Å². The third kappa shape index (κ3) is 17.8. The van der Waals surface area contributed by atoms with Gasteiger partial charge in [-0.3, -0.25) is 0 Å². The number of aryl methyl sites for hydroxylation is 8. The number of ether oxygens (including phenoxy) is 2. The third-order valence-corrected chi connectivity index (χ3v) is 9.21. The van der Waals surface area contributed by atoms with Gasteiger partial charge in [0.1, 0.15) is 13.2 Å². The highest BCUT2D eigenvalue weighted by Crippen LogP contribution is 2.42. The molecule has 0 saturated carbocycles. The molecule has 2 N–H and O–H groups in total. The van der Waals surface area contributed by atoms with E-state index in [4.69, 9.17) is 9.47 Å². The number of hydrogen-bond donors (Lipinski definition) is 2. The van der Waals surface area contributed by atoms with Gasteiger partial charge in [0.15, 0.2) is 11.5 Å². The Balaban J connectivity index is 0.000000288. The summed E-state index contributed by atoms with van der Waals surface area (Å²) in [6.07, 6.45) is 8.18. The molecular formula is C40H56N2O2S3. The Morgan fingerprint density at radius 2 is 1.04 bits per heavy atom. The quantitative estimate of drug-likeness (QED) is 0.181. The number of aromatic nitrogens is 1. The maximum absolute atomic E-state index is 5.46. The second kappa shape index (κ2) is 23.7. The number of benzene rings is 1. The minimum absolute atomic E-state index is 0.685. The molecule has 0 radical (unpaired) electrons. The van der Waals surface area contributed by atoms with Gasteiger partial charge in [-0.2, -0.15) is 0 Å². The summed E-state index contributed by atoms with van der Waals surface area (Å²) in [6, 6.07) is 21.0. The maximum atomic E-state index is 5.46. The summed E-state index contributed by atoms with van der Waals surface area (Å²) in [5.74, 6) is 1.91. The first-order valence-electron chi connectivity index (χ1n) is 16.0. The first-order chi connectivity index (χ1) is 22.4. The zero-order valence-corrected chi connectivity index (χ0v) is 33.0. The molecule has 5 aromatic rings. The lowest BCUT2D eigenvalue weighted by molar-refractivity contribution is 0.171. The molecule has 5 heterocycles. The summed E-state index contributed by atoms with van der Waals surface area (Å²) in [5, 5.41) is 3.05. The summed E-state index contributed by atoms with van der Waals surface area (Å²) in [6.45, 7) is 24.1. The molecule has 7 heteroatoms. The second-order valence-corrected chi connectivity index (χ2v) is 15.0. The molecule has 1 aliphatic rings. The van der Waals surface area contributed by atoms with Crippen molar-refractivity contribution in [3.8, 4) is 11.5 Å². The van der Waals surface area contributed by atoms with Crippen LogP contribution in [0, 0.1) is 55.4 Å². The first kappa shape index (κ1) is 41.5. The number of hydrogen-bond acceptors (Lipinski definition) is 6. The molecule has 0 spiro atoms. The average molecular weight is 693 g/mol. The van der Waals surface area contributed by atoms with Gasteiger partial charge >= 0.3 is 0 Å². The molecule has 1 aliphatic heterocycles. The van der Waals surface area contributed by atoms with Crippen LogP contribution in [-0.2, 0) is 0 Å². The van der Waals surface area contributed by atoms with E-state index in [9.17, 15) is 0 Å². The van der Waals surface area contributed by atoms with Crippen molar-refractivity contribution in [1.82, 2.24) is 4.98 Å². The standard InChI is InChI=1S/C8H11N.C8H10O2S.C8H10S.C6H9N.C6H8S.C4H8/c1-7-3-5-8(9-2)6-4-7;1-5-7-8(6(2)11-5)10-4-3-9-7;1-3-4-8-6-5-7(2)9-8;2*1-5-3-4-6(2)7-5;1-3-4-2/h3-6,9H,1-2H3;3-4H2,1-2H3;3-6H,1-2H3;3-4,7H,1-2H3;3-4H,1-2H3;3-4H,1-2H3/b;;4-3-;;;4-3-. The van der Waals surface area contributed by atoms with Crippen molar-refractivity contribution in [2.45, 2.75) is 76.2 Å². The molecule has 1 aromatic carbocycles. The second-order valence-electron chi connectivity index (χ2n) is 10.8. The number of thiophene rings is 3. The van der Waals surface area contributed by atoms with E-state index in [1.165, 1.54) is 51.9 Å². The van der Waals surface area contributed by atoms with Crippen molar-refractivity contribution in [3.63, 3.8) is 0 Å². The normalized spacial score (nSPS) is 11.0. The predicted octanol–water partition coefficient (Wildman–Crippen LogP) is 12.8. The van der Waals surface area contributed by atoms with Crippen LogP contribution < -0.4 is 14.8 Å². The lowest BCUT2D eigenvalue weighted by Crippen LogP contribution is -2.14. The molecule has 47 heavy (non-hydrogen) atoms. The minimum atomic E-state index is 0.685. The molecule has 0 unspecified atom stereocenters. The van der Waals surface area contributed by atoms with Crippen LogP contribution in [0.15, 0.2) is 78.9 Å². The Bertz CT molecular complexity index is 1480. The Morgan fingerprint density at radius 3 is 1.36 bits per heavy atom. The molecule has 256 valence electrons. The van der Waals surface area contributed by atoms with E-state index in [2.05, 4.69) is 125 Å². The number of anilines is 1. The van der Waals surface area contributed by atoms with Crippen LogP contribution in [0.1, 0.15) is 67.0 Å². The molecule has 4 aromatic heterocycles. The van der Waals surface area contributed by atoms with Crippen molar-refractivity contribution in [2.24, 2.45) is 0 Å². The van der Waals surface area contributed by atoms with Crippen molar-refractivity contribution < 1.29 is 9.47 Å². The van der Waals surface area contributed by atoms with E-state index in [0.29, 0.717) is 13.2 Å². The van der Waals surface area contributed by atoms with Crippen LogP contribution in [0.5, 0.6) is 11.5 Å². The van der Waals surface area contributed by atoms with Crippen LogP contribution in [0.25, 0.3) is 6.08 Å². The summed E-state index contributed by atoms with van der Waals surface area (Å²) in [4.78, 5) is 11.1. The van der Waals surface area contributed by atoms with Crippen LogP contribution in [0.3, 0.4) is 0 Å². The largest absolute Gasteiger partial charge is 0.485 e. The number of allylic oxidation sites excluding steroid dienone is 3. The fourth-order valence-corrected chi connectivity index (χ4v) is 6.47. The molecule has 0 bridgehead atoms. The van der Waals surface area contributed by atoms with E-state index in [1.54, 1.807) is 11.3 Å². The van der Waals surface area contributed by atoms with Crippen LogP contribution in [0.2, 0.25) is 0 Å². The first-order valence-corrected chi connectivity index (χ1v) is 18.4. The number of aromatic amines is 1. The Morgan fingerprint density at radius 1 is 0.574 bits per heavy atom. The van der Waals surface area contributed by atoms with Crippen molar-refractivity contribution in [3.05, 3.63) is 125 Å². The molecule has 0 fully saturated rings. The van der Waals surface area contributed by atoms with Gasteiger partial charge in [0.05, 0.1) is 0 Å². The Labute approximate surface area is 297 Å². The molecular weight excluding hydrogens is 637 g/mol. The molecule has 0 aliphatic carbocycles.